The van der Waals surface area contributed by atoms with E-state index < -0.39 is 0 Å². The maximum Gasteiger partial charge on any atom is 0.251 e. The van der Waals surface area contributed by atoms with Crippen molar-refractivity contribution in [2.45, 2.75) is 19.5 Å². The zero-order valence-corrected chi connectivity index (χ0v) is 11.9. The summed E-state index contributed by atoms with van der Waals surface area (Å²) in [6.45, 7) is 2.75. The number of hydrogen-bond acceptors (Lipinski definition) is 4. The molecule has 2 rings (SSSR count). The van der Waals surface area contributed by atoms with Crippen LogP contribution in [0.4, 0.5) is 0 Å². The molecule has 0 spiro atoms. The van der Waals surface area contributed by atoms with Crippen molar-refractivity contribution >= 4 is 5.91 Å². The predicted octanol–water partition coefficient (Wildman–Crippen LogP) is 1.03. The number of aryl methyl sites for hydroxylation is 1. The molecule has 1 aromatic carbocycles. The highest BCUT2D eigenvalue weighted by molar-refractivity contribution is 5.93. The number of amides is 1. The number of carbonyl (C=O) groups is 1. The van der Waals surface area contributed by atoms with E-state index in [9.17, 15) is 4.79 Å². The van der Waals surface area contributed by atoms with Crippen LogP contribution < -0.4 is 10.6 Å². The van der Waals surface area contributed by atoms with Gasteiger partial charge >= 0.3 is 0 Å². The fourth-order valence-electron chi connectivity index (χ4n) is 1.96. The molecule has 20 heavy (non-hydrogen) atoms. The first-order valence-corrected chi connectivity index (χ1v) is 6.50. The molecule has 0 saturated heterocycles. The summed E-state index contributed by atoms with van der Waals surface area (Å²) in [6.07, 6.45) is 1.69. The Morgan fingerprint density at radius 1 is 1.35 bits per heavy atom. The van der Waals surface area contributed by atoms with Gasteiger partial charge in [0.1, 0.15) is 12.2 Å². The Balaban J connectivity index is 1.94. The third-order valence-electron chi connectivity index (χ3n) is 3.19. The van der Waals surface area contributed by atoms with Crippen molar-refractivity contribution in [3.63, 3.8) is 0 Å². The van der Waals surface area contributed by atoms with Gasteiger partial charge in [-0.25, -0.2) is 0 Å². The Bertz CT molecular complexity index is 576. The van der Waals surface area contributed by atoms with Crippen LogP contribution in [0.2, 0.25) is 0 Å². The fourth-order valence-corrected chi connectivity index (χ4v) is 1.96. The van der Waals surface area contributed by atoms with Gasteiger partial charge in [0, 0.05) is 26.2 Å². The standard InChI is InChI=1S/C14H19N5O/c1-10(13-18-17-9-19(13)3)16-8-11-4-6-12(7-5-11)14(20)15-2/h4-7,9-10,16H,8H2,1-3H3,(H,15,20). The number of rotatable bonds is 5. The van der Waals surface area contributed by atoms with Crippen LogP contribution in [-0.4, -0.2) is 27.7 Å². The lowest BCUT2D eigenvalue weighted by Gasteiger charge is -2.13. The molecular formula is C14H19N5O. The minimum atomic E-state index is -0.0723. The summed E-state index contributed by atoms with van der Waals surface area (Å²) in [5.74, 6) is 0.823. The van der Waals surface area contributed by atoms with Crippen LogP contribution in [0, 0.1) is 0 Å². The summed E-state index contributed by atoms with van der Waals surface area (Å²) in [7, 11) is 3.55. The second-order valence-electron chi connectivity index (χ2n) is 4.68. The van der Waals surface area contributed by atoms with Crippen molar-refractivity contribution in [1.82, 2.24) is 25.4 Å². The van der Waals surface area contributed by atoms with Crippen LogP contribution in [0.3, 0.4) is 0 Å². The highest BCUT2D eigenvalue weighted by Gasteiger charge is 2.10. The molecule has 106 valence electrons. The van der Waals surface area contributed by atoms with Crippen molar-refractivity contribution in [2.24, 2.45) is 7.05 Å². The summed E-state index contributed by atoms with van der Waals surface area (Å²) in [5, 5.41) is 13.9. The highest BCUT2D eigenvalue weighted by atomic mass is 16.1. The van der Waals surface area contributed by atoms with E-state index in [2.05, 4.69) is 20.8 Å². The predicted molar refractivity (Wildman–Crippen MR) is 76.1 cm³/mol. The van der Waals surface area contributed by atoms with E-state index in [0.29, 0.717) is 12.1 Å². The van der Waals surface area contributed by atoms with Crippen LogP contribution in [-0.2, 0) is 13.6 Å². The molecule has 1 unspecified atom stereocenters. The number of hydrogen-bond donors (Lipinski definition) is 2. The Kier molecular flexibility index (Phi) is 4.47. The van der Waals surface area contributed by atoms with Crippen molar-refractivity contribution in [3.05, 3.63) is 47.5 Å². The Hall–Kier alpha value is -2.21. The normalized spacial score (nSPS) is 12.2. The van der Waals surface area contributed by atoms with E-state index in [1.165, 1.54) is 0 Å². The maximum atomic E-state index is 11.4. The van der Waals surface area contributed by atoms with Gasteiger partial charge in [0.2, 0.25) is 0 Å². The lowest BCUT2D eigenvalue weighted by atomic mass is 10.1. The fraction of sp³-hybridized carbons (Fsp3) is 0.357. The summed E-state index contributed by atoms with van der Waals surface area (Å²) >= 11 is 0. The molecular weight excluding hydrogens is 254 g/mol. The molecule has 0 aliphatic carbocycles. The van der Waals surface area contributed by atoms with Gasteiger partial charge in [0.05, 0.1) is 6.04 Å². The van der Waals surface area contributed by atoms with Gasteiger partial charge < -0.3 is 15.2 Å². The minimum Gasteiger partial charge on any atom is -0.355 e. The van der Waals surface area contributed by atoms with Crippen molar-refractivity contribution in [1.29, 1.82) is 0 Å². The second-order valence-corrected chi connectivity index (χ2v) is 4.68. The topological polar surface area (TPSA) is 71.8 Å². The van der Waals surface area contributed by atoms with Crippen LogP contribution >= 0.6 is 0 Å². The van der Waals surface area contributed by atoms with E-state index in [1.54, 1.807) is 13.4 Å². The van der Waals surface area contributed by atoms with Gasteiger partial charge in [-0.1, -0.05) is 12.1 Å². The first-order valence-electron chi connectivity index (χ1n) is 6.50. The van der Waals surface area contributed by atoms with Crippen LogP contribution in [0.25, 0.3) is 0 Å². The first-order chi connectivity index (χ1) is 9.61. The molecule has 2 aromatic rings. The first kappa shape index (κ1) is 14.2. The zero-order chi connectivity index (χ0) is 14.5. The van der Waals surface area contributed by atoms with Gasteiger partial charge in [-0.2, -0.15) is 0 Å². The number of carbonyl (C=O) groups excluding carboxylic acids is 1. The van der Waals surface area contributed by atoms with E-state index in [-0.39, 0.29) is 11.9 Å². The molecule has 0 aliphatic rings. The molecule has 1 aromatic heterocycles. The summed E-state index contributed by atoms with van der Waals surface area (Å²) in [5.41, 5.74) is 1.78. The molecule has 6 heteroatoms. The summed E-state index contributed by atoms with van der Waals surface area (Å²) in [6, 6.07) is 7.65. The molecule has 0 radical (unpaired) electrons. The molecule has 0 aliphatic heterocycles. The van der Waals surface area contributed by atoms with E-state index in [1.807, 2.05) is 42.8 Å². The molecule has 1 amide bonds. The largest absolute Gasteiger partial charge is 0.355 e. The average molecular weight is 273 g/mol. The molecule has 0 saturated carbocycles. The van der Waals surface area contributed by atoms with Gasteiger partial charge in [0.25, 0.3) is 5.91 Å². The third-order valence-corrected chi connectivity index (χ3v) is 3.19. The average Bonchev–Trinajstić information content (AvgIpc) is 2.90. The molecule has 1 atom stereocenters. The van der Waals surface area contributed by atoms with Gasteiger partial charge in [-0.05, 0) is 24.6 Å². The summed E-state index contributed by atoms with van der Waals surface area (Å²) in [4.78, 5) is 11.4. The smallest absolute Gasteiger partial charge is 0.251 e. The Morgan fingerprint density at radius 3 is 2.60 bits per heavy atom. The number of nitrogens with zero attached hydrogens (tertiary/aromatic N) is 3. The zero-order valence-electron chi connectivity index (χ0n) is 11.9. The molecule has 0 fully saturated rings. The van der Waals surface area contributed by atoms with Crippen molar-refractivity contribution < 1.29 is 4.79 Å². The quantitative estimate of drug-likeness (QED) is 0.853. The van der Waals surface area contributed by atoms with Crippen LogP contribution in [0.15, 0.2) is 30.6 Å². The minimum absolute atomic E-state index is 0.0723. The Morgan fingerprint density at radius 2 is 2.05 bits per heavy atom. The van der Waals surface area contributed by atoms with Crippen molar-refractivity contribution in [2.75, 3.05) is 7.05 Å². The van der Waals surface area contributed by atoms with Crippen LogP contribution in [0.5, 0.6) is 0 Å². The number of nitrogens with one attached hydrogen (secondary N) is 2. The van der Waals surface area contributed by atoms with Gasteiger partial charge in [-0.15, -0.1) is 10.2 Å². The third kappa shape index (κ3) is 3.21. The van der Waals surface area contributed by atoms with E-state index >= 15 is 0 Å². The van der Waals surface area contributed by atoms with E-state index in [0.717, 1.165) is 11.4 Å². The summed E-state index contributed by atoms with van der Waals surface area (Å²) < 4.78 is 1.90. The Labute approximate surface area is 118 Å². The lowest BCUT2D eigenvalue weighted by molar-refractivity contribution is 0.0963. The van der Waals surface area contributed by atoms with Gasteiger partial charge in [-0.3, -0.25) is 4.79 Å². The maximum absolute atomic E-state index is 11.4. The van der Waals surface area contributed by atoms with Crippen LogP contribution in [0.1, 0.15) is 34.7 Å². The second kappa shape index (κ2) is 6.29. The highest BCUT2D eigenvalue weighted by Crippen LogP contribution is 2.10. The SMILES string of the molecule is CNC(=O)c1ccc(CNC(C)c2nncn2C)cc1. The number of benzene rings is 1. The van der Waals surface area contributed by atoms with Crippen molar-refractivity contribution in [3.8, 4) is 0 Å². The molecule has 0 bridgehead atoms. The molecule has 6 nitrogen and oxygen atoms in total. The number of aromatic nitrogens is 3. The molecule has 1 heterocycles. The van der Waals surface area contributed by atoms with E-state index in [4.69, 9.17) is 0 Å². The lowest BCUT2D eigenvalue weighted by Crippen LogP contribution is -2.21. The van der Waals surface area contributed by atoms with Gasteiger partial charge in [0.15, 0.2) is 0 Å². The molecule has 2 N–H and O–H groups in total. The monoisotopic (exact) mass is 273 g/mol.